The fourth-order valence-electron chi connectivity index (χ4n) is 6.41. The maximum atomic E-state index is 12.3. The Morgan fingerprint density at radius 2 is 0.571 bits per heavy atom. The number of carbonyl (C=O) groups excluding carboxylic acids is 2. The summed E-state index contributed by atoms with van der Waals surface area (Å²) in [5.74, 6) is -0.687. The number of rotatable bonds is 46. The van der Waals surface area contributed by atoms with Gasteiger partial charge in [0, 0.05) is 12.8 Å². The van der Waals surface area contributed by atoms with Crippen LogP contribution in [0.15, 0.2) is 194 Å². The molecule has 5 nitrogen and oxygen atoms in total. The molecule has 0 aromatic carbocycles. The molecular weight excluding hydrogens is 861 g/mol. The molecule has 0 heterocycles. The lowest BCUT2D eigenvalue weighted by atomic mass is 10.1. The second-order valence-electron chi connectivity index (χ2n) is 16.8. The fourth-order valence-corrected chi connectivity index (χ4v) is 6.41. The molecule has 0 rings (SSSR count). The highest BCUT2D eigenvalue weighted by molar-refractivity contribution is 5.70. The van der Waals surface area contributed by atoms with E-state index in [0.29, 0.717) is 12.8 Å². The zero-order valence-corrected chi connectivity index (χ0v) is 43.9. The lowest BCUT2D eigenvalue weighted by molar-refractivity contribution is -0.161. The first kappa shape index (κ1) is 64.7. The molecule has 70 heavy (non-hydrogen) atoms. The number of hydrogen-bond acceptors (Lipinski definition) is 5. The van der Waals surface area contributed by atoms with Crippen LogP contribution < -0.4 is 0 Å². The average Bonchev–Trinajstić information content (AvgIpc) is 3.36. The third kappa shape index (κ3) is 55.3. The molecule has 0 aliphatic carbocycles. The van der Waals surface area contributed by atoms with Gasteiger partial charge in [0.25, 0.3) is 0 Å². The summed E-state index contributed by atoms with van der Waals surface area (Å²) in [5.41, 5.74) is 0. The molecule has 386 valence electrons. The Hall–Kier alpha value is -5.26. The van der Waals surface area contributed by atoms with Crippen LogP contribution in [-0.2, 0) is 19.1 Å². The van der Waals surface area contributed by atoms with Crippen molar-refractivity contribution in [2.75, 3.05) is 13.2 Å². The largest absolute Gasteiger partial charge is 0.462 e. The van der Waals surface area contributed by atoms with Crippen molar-refractivity contribution in [3.05, 3.63) is 194 Å². The molecule has 0 aliphatic rings. The number of aliphatic hydroxyl groups is 1. The lowest BCUT2D eigenvalue weighted by Gasteiger charge is -2.15. The minimum atomic E-state index is -0.821. The van der Waals surface area contributed by atoms with Crippen molar-refractivity contribution in [2.45, 2.75) is 187 Å². The molecular formula is C65H96O5. The maximum absolute atomic E-state index is 12.3. The average molecular weight is 957 g/mol. The zero-order chi connectivity index (χ0) is 50.6. The van der Waals surface area contributed by atoms with E-state index in [1.807, 2.05) is 0 Å². The molecule has 0 spiro atoms. The zero-order valence-electron chi connectivity index (χ0n) is 43.9. The van der Waals surface area contributed by atoms with Gasteiger partial charge in [0.2, 0.25) is 0 Å². The lowest BCUT2D eigenvalue weighted by Crippen LogP contribution is -2.28. The van der Waals surface area contributed by atoms with Crippen molar-refractivity contribution in [3.63, 3.8) is 0 Å². The van der Waals surface area contributed by atoms with E-state index < -0.39 is 6.10 Å². The third-order valence-electron chi connectivity index (χ3n) is 10.4. The normalized spacial score (nSPS) is 13.8. The molecule has 0 aromatic rings. The van der Waals surface area contributed by atoms with E-state index in [4.69, 9.17) is 9.47 Å². The van der Waals surface area contributed by atoms with Crippen LogP contribution in [0, 0.1) is 0 Å². The molecule has 0 amide bonds. The highest BCUT2D eigenvalue weighted by Crippen LogP contribution is 2.09. The van der Waals surface area contributed by atoms with Gasteiger partial charge in [-0.3, -0.25) is 9.59 Å². The van der Waals surface area contributed by atoms with Gasteiger partial charge in [0.05, 0.1) is 6.61 Å². The van der Waals surface area contributed by atoms with Gasteiger partial charge in [-0.15, -0.1) is 0 Å². The number of esters is 2. The van der Waals surface area contributed by atoms with Crippen LogP contribution in [0.25, 0.3) is 0 Å². The summed E-state index contributed by atoms with van der Waals surface area (Å²) >= 11 is 0. The first-order chi connectivity index (χ1) is 34.6. The predicted molar refractivity (Wildman–Crippen MR) is 306 cm³/mol. The van der Waals surface area contributed by atoms with Gasteiger partial charge >= 0.3 is 11.9 Å². The topological polar surface area (TPSA) is 72.8 Å². The number of hydrogen-bond donors (Lipinski definition) is 1. The molecule has 1 unspecified atom stereocenters. The molecule has 5 heteroatoms. The molecule has 0 aliphatic heterocycles. The van der Waals surface area contributed by atoms with E-state index in [0.717, 1.165) is 154 Å². The van der Waals surface area contributed by atoms with Crippen LogP contribution in [-0.4, -0.2) is 36.4 Å². The summed E-state index contributed by atoms with van der Waals surface area (Å²) in [7, 11) is 0. The van der Waals surface area contributed by atoms with E-state index in [1.54, 1.807) is 0 Å². The van der Waals surface area contributed by atoms with Crippen LogP contribution in [0.3, 0.4) is 0 Å². The first-order valence-corrected chi connectivity index (χ1v) is 27.0. The van der Waals surface area contributed by atoms with Crippen molar-refractivity contribution >= 4 is 11.9 Å². The van der Waals surface area contributed by atoms with Gasteiger partial charge in [-0.2, -0.15) is 0 Å². The molecule has 1 atom stereocenters. The van der Waals surface area contributed by atoms with Gasteiger partial charge in [-0.1, -0.05) is 221 Å². The van der Waals surface area contributed by atoms with E-state index in [1.165, 1.54) is 0 Å². The minimum Gasteiger partial charge on any atom is -0.462 e. The Labute approximate surface area is 428 Å². The van der Waals surface area contributed by atoms with Gasteiger partial charge in [-0.25, -0.2) is 0 Å². The SMILES string of the molecule is CC/C=C\C/C=C\C/C=C\C/C=C\C/C=C\C/C=C\C/C=C\C/C=C\C/C=C\C/C=C\C/C=C\CCCCCC(=O)OC(CO)COC(=O)CCCCC/C=C\C/C=C\C/C=C\C/C=C\C/C=C\CC. The second-order valence-corrected chi connectivity index (χ2v) is 16.8. The van der Waals surface area contributed by atoms with Crippen LogP contribution in [0.5, 0.6) is 0 Å². The summed E-state index contributed by atoms with van der Waals surface area (Å²) in [6, 6.07) is 0. The van der Waals surface area contributed by atoms with Gasteiger partial charge < -0.3 is 14.6 Å². The Morgan fingerprint density at radius 1 is 0.329 bits per heavy atom. The standard InChI is InChI=1S/C65H96O5/c1-3-5-7-9-11-13-15-17-19-21-23-24-25-26-27-28-29-30-31-32-33-34-35-36-37-38-39-40-42-44-46-48-50-52-54-56-58-60-65(68)70-63(61-66)62-69-64(67)59-57-55-53-51-49-47-45-43-41-22-20-18-16-14-12-10-8-6-4-2/h5-8,11-14,17-20,23-24,26-27,29-30,32-33,35-36,38-39,41-44,47-50,63,66H,3-4,9-10,15-16,21-22,25,28,31,34,37,40,45-46,51-62H2,1-2H3/b7-5-,8-6-,13-11-,14-12-,19-17-,20-18-,24-23-,27-26-,30-29-,33-32-,36-35-,39-38-,43-41-,44-42-,49-47-,50-48-. The first-order valence-electron chi connectivity index (χ1n) is 27.0. The third-order valence-corrected chi connectivity index (χ3v) is 10.4. The number of carbonyl (C=O) groups is 2. The van der Waals surface area contributed by atoms with Crippen molar-refractivity contribution in [1.29, 1.82) is 0 Å². The van der Waals surface area contributed by atoms with Crippen LogP contribution in [0.4, 0.5) is 0 Å². The monoisotopic (exact) mass is 957 g/mol. The Balaban J connectivity index is 3.75. The molecule has 0 saturated carbocycles. The smallest absolute Gasteiger partial charge is 0.306 e. The van der Waals surface area contributed by atoms with E-state index in [9.17, 15) is 14.7 Å². The quantitative estimate of drug-likeness (QED) is 0.0374. The van der Waals surface area contributed by atoms with Gasteiger partial charge in [-0.05, 0) is 141 Å². The van der Waals surface area contributed by atoms with Gasteiger partial charge in [0.15, 0.2) is 6.10 Å². The van der Waals surface area contributed by atoms with Crippen LogP contribution >= 0.6 is 0 Å². The molecule has 0 saturated heterocycles. The Kier molecular flexibility index (Phi) is 53.7. The molecule has 0 radical (unpaired) electrons. The molecule has 0 aromatic heterocycles. The predicted octanol–water partition coefficient (Wildman–Crippen LogP) is 18.5. The van der Waals surface area contributed by atoms with E-state index >= 15 is 0 Å². The summed E-state index contributed by atoms with van der Waals surface area (Å²) < 4.78 is 10.6. The molecule has 0 bridgehead atoms. The summed E-state index contributed by atoms with van der Waals surface area (Å²) in [4.78, 5) is 24.4. The van der Waals surface area contributed by atoms with Crippen molar-refractivity contribution in [2.24, 2.45) is 0 Å². The highest BCUT2D eigenvalue weighted by Gasteiger charge is 2.16. The van der Waals surface area contributed by atoms with Gasteiger partial charge in [0.1, 0.15) is 6.61 Å². The Morgan fingerprint density at radius 3 is 0.829 bits per heavy atom. The Bertz CT molecular complexity index is 1700. The summed E-state index contributed by atoms with van der Waals surface area (Å²) in [6.07, 6.45) is 93.8. The maximum Gasteiger partial charge on any atom is 0.306 e. The molecule has 1 N–H and O–H groups in total. The van der Waals surface area contributed by atoms with Crippen molar-refractivity contribution < 1.29 is 24.2 Å². The molecule has 0 fully saturated rings. The summed E-state index contributed by atoms with van der Waals surface area (Å²) in [6.45, 7) is 3.83. The number of allylic oxidation sites excluding steroid dienone is 32. The fraction of sp³-hybridized carbons (Fsp3) is 0.477. The van der Waals surface area contributed by atoms with E-state index in [-0.39, 0.29) is 25.2 Å². The van der Waals surface area contributed by atoms with Crippen molar-refractivity contribution in [1.82, 2.24) is 0 Å². The summed E-state index contributed by atoms with van der Waals surface area (Å²) in [5, 5.41) is 9.62. The second kappa shape index (κ2) is 58.1. The van der Waals surface area contributed by atoms with Crippen LogP contribution in [0.1, 0.15) is 181 Å². The number of ether oxygens (including phenoxy) is 2. The van der Waals surface area contributed by atoms with Crippen molar-refractivity contribution in [3.8, 4) is 0 Å². The highest BCUT2D eigenvalue weighted by atomic mass is 16.6. The number of unbranched alkanes of at least 4 members (excludes halogenated alkanes) is 6. The van der Waals surface area contributed by atoms with E-state index in [2.05, 4.69) is 208 Å². The van der Waals surface area contributed by atoms with Crippen LogP contribution in [0.2, 0.25) is 0 Å². The number of aliphatic hydroxyl groups excluding tert-OH is 1. The minimum absolute atomic E-state index is 0.111.